The van der Waals surface area contributed by atoms with Crippen LogP contribution in [0.3, 0.4) is 0 Å². The first kappa shape index (κ1) is 19.4. The highest BCUT2D eigenvalue weighted by Crippen LogP contribution is 2.22. The van der Waals surface area contributed by atoms with Gasteiger partial charge >= 0.3 is 0 Å². The Kier molecular flexibility index (Phi) is 6.62. The predicted molar refractivity (Wildman–Crippen MR) is 105 cm³/mol. The number of nitrogens with zero attached hydrogens (tertiary/aromatic N) is 2. The van der Waals surface area contributed by atoms with Crippen molar-refractivity contribution in [3.8, 4) is 23.0 Å². The van der Waals surface area contributed by atoms with Crippen LogP contribution in [0.5, 0.6) is 11.5 Å². The SMILES string of the molecule is CCCc1nnc(-c2ccc(OCC(=O)Nc3ccc(OCC)cc3)cc2)o1. The van der Waals surface area contributed by atoms with Crippen molar-refractivity contribution < 1.29 is 18.7 Å². The lowest BCUT2D eigenvalue weighted by Gasteiger charge is -2.09. The van der Waals surface area contributed by atoms with Crippen LogP contribution in [0.15, 0.2) is 52.9 Å². The molecule has 3 aromatic rings. The van der Waals surface area contributed by atoms with Crippen molar-refractivity contribution in [3.63, 3.8) is 0 Å². The molecule has 1 aromatic heterocycles. The number of anilines is 1. The highest BCUT2D eigenvalue weighted by molar-refractivity contribution is 5.91. The average Bonchev–Trinajstić information content (AvgIpc) is 3.17. The lowest BCUT2D eigenvalue weighted by molar-refractivity contribution is -0.118. The number of benzene rings is 2. The summed E-state index contributed by atoms with van der Waals surface area (Å²) in [4.78, 5) is 12.0. The quantitative estimate of drug-likeness (QED) is 0.600. The third-order valence-electron chi connectivity index (χ3n) is 3.85. The van der Waals surface area contributed by atoms with Gasteiger partial charge in [0.15, 0.2) is 6.61 Å². The van der Waals surface area contributed by atoms with Crippen LogP contribution in [-0.2, 0) is 11.2 Å². The Morgan fingerprint density at radius 3 is 2.32 bits per heavy atom. The topological polar surface area (TPSA) is 86.5 Å². The van der Waals surface area contributed by atoms with Crippen LogP contribution in [0.1, 0.15) is 26.2 Å². The summed E-state index contributed by atoms with van der Waals surface area (Å²) < 4.78 is 16.5. The van der Waals surface area contributed by atoms with Gasteiger partial charge in [0.2, 0.25) is 11.8 Å². The number of rotatable bonds is 9. The molecular formula is C21H23N3O4. The smallest absolute Gasteiger partial charge is 0.262 e. The molecule has 1 heterocycles. The van der Waals surface area contributed by atoms with Crippen molar-refractivity contribution in [2.45, 2.75) is 26.7 Å². The lowest BCUT2D eigenvalue weighted by atomic mass is 10.2. The fourth-order valence-corrected chi connectivity index (χ4v) is 2.53. The fourth-order valence-electron chi connectivity index (χ4n) is 2.53. The zero-order valence-corrected chi connectivity index (χ0v) is 16.0. The van der Waals surface area contributed by atoms with Crippen LogP contribution < -0.4 is 14.8 Å². The number of aromatic nitrogens is 2. The van der Waals surface area contributed by atoms with E-state index >= 15 is 0 Å². The molecule has 0 aliphatic carbocycles. The minimum absolute atomic E-state index is 0.0895. The van der Waals surface area contributed by atoms with Crippen molar-refractivity contribution in [2.75, 3.05) is 18.5 Å². The van der Waals surface area contributed by atoms with Crippen LogP contribution in [-0.4, -0.2) is 29.3 Å². The van der Waals surface area contributed by atoms with E-state index in [2.05, 4.69) is 22.4 Å². The number of carbonyl (C=O) groups is 1. The molecular weight excluding hydrogens is 358 g/mol. The van der Waals surface area contributed by atoms with Crippen LogP contribution in [0.4, 0.5) is 5.69 Å². The van der Waals surface area contributed by atoms with Crippen molar-refractivity contribution in [1.29, 1.82) is 0 Å². The van der Waals surface area contributed by atoms with E-state index in [1.807, 2.05) is 31.2 Å². The number of nitrogens with one attached hydrogen (secondary N) is 1. The molecule has 0 fully saturated rings. The number of ether oxygens (including phenoxy) is 2. The molecule has 28 heavy (non-hydrogen) atoms. The van der Waals surface area contributed by atoms with E-state index in [4.69, 9.17) is 13.9 Å². The second-order valence-corrected chi connectivity index (χ2v) is 6.07. The minimum Gasteiger partial charge on any atom is -0.494 e. The molecule has 1 amide bonds. The maximum atomic E-state index is 12.0. The molecule has 0 aliphatic rings. The summed E-state index contributed by atoms with van der Waals surface area (Å²) in [6.45, 7) is 4.49. The normalized spacial score (nSPS) is 10.5. The largest absolute Gasteiger partial charge is 0.494 e. The first-order chi connectivity index (χ1) is 13.7. The van der Waals surface area contributed by atoms with E-state index in [1.165, 1.54) is 0 Å². The number of aryl methyl sites for hydroxylation is 1. The van der Waals surface area contributed by atoms with Gasteiger partial charge in [0, 0.05) is 17.7 Å². The lowest BCUT2D eigenvalue weighted by Crippen LogP contribution is -2.20. The molecule has 0 saturated carbocycles. The molecule has 0 aliphatic heterocycles. The Morgan fingerprint density at radius 2 is 1.64 bits per heavy atom. The van der Waals surface area contributed by atoms with Crippen molar-refractivity contribution in [3.05, 3.63) is 54.4 Å². The summed E-state index contributed by atoms with van der Waals surface area (Å²) in [5, 5.41) is 10.8. The number of hydrogen-bond acceptors (Lipinski definition) is 6. The fraction of sp³-hybridized carbons (Fsp3) is 0.286. The molecule has 0 spiro atoms. The second-order valence-electron chi connectivity index (χ2n) is 6.07. The van der Waals surface area contributed by atoms with Gasteiger partial charge in [0.1, 0.15) is 11.5 Å². The molecule has 7 nitrogen and oxygen atoms in total. The van der Waals surface area contributed by atoms with E-state index in [1.54, 1.807) is 24.3 Å². The van der Waals surface area contributed by atoms with Gasteiger partial charge in [0.05, 0.1) is 6.61 Å². The molecule has 146 valence electrons. The standard InChI is InChI=1S/C21H23N3O4/c1-3-5-20-23-24-21(28-20)15-6-10-18(11-7-15)27-14-19(25)22-16-8-12-17(13-9-16)26-4-2/h6-13H,3-5,14H2,1-2H3,(H,22,25). The first-order valence-electron chi connectivity index (χ1n) is 9.26. The minimum atomic E-state index is -0.241. The predicted octanol–water partition coefficient (Wildman–Crippen LogP) is 4.11. The molecule has 0 radical (unpaired) electrons. The van der Waals surface area contributed by atoms with E-state index in [0.29, 0.717) is 29.8 Å². The van der Waals surface area contributed by atoms with Gasteiger partial charge in [-0.05, 0) is 61.9 Å². The van der Waals surface area contributed by atoms with Crippen molar-refractivity contribution >= 4 is 11.6 Å². The van der Waals surface area contributed by atoms with Crippen LogP contribution >= 0.6 is 0 Å². The van der Waals surface area contributed by atoms with Crippen molar-refractivity contribution in [1.82, 2.24) is 10.2 Å². The van der Waals surface area contributed by atoms with Crippen LogP contribution in [0.2, 0.25) is 0 Å². The molecule has 7 heteroatoms. The van der Waals surface area contributed by atoms with Gasteiger partial charge < -0.3 is 19.2 Å². The number of amides is 1. The highest BCUT2D eigenvalue weighted by atomic mass is 16.5. The molecule has 3 rings (SSSR count). The van der Waals surface area contributed by atoms with Gasteiger partial charge in [0.25, 0.3) is 5.91 Å². The summed E-state index contributed by atoms with van der Waals surface area (Å²) in [6, 6.07) is 14.4. The van der Waals surface area contributed by atoms with E-state index in [0.717, 1.165) is 24.2 Å². The molecule has 0 saturated heterocycles. The Labute approximate surface area is 163 Å². The molecule has 1 N–H and O–H groups in total. The third kappa shape index (κ3) is 5.33. The van der Waals surface area contributed by atoms with E-state index in [-0.39, 0.29) is 12.5 Å². The zero-order valence-electron chi connectivity index (χ0n) is 16.0. The summed E-state index contributed by atoms with van der Waals surface area (Å²) in [7, 11) is 0. The molecule has 0 unspecified atom stereocenters. The number of carbonyl (C=O) groups excluding carboxylic acids is 1. The first-order valence-corrected chi connectivity index (χ1v) is 9.26. The van der Waals surface area contributed by atoms with E-state index in [9.17, 15) is 4.79 Å². The second kappa shape index (κ2) is 9.55. The maximum Gasteiger partial charge on any atom is 0.262 e. The maximum absolute atomic E-state index is 12.0. The summed E-state index contributed by atoms with van der Waals surface area (Å²) in [6.07, 6.45) is 1.71. The van der Waals surface area contributed by atoms with E-state index < -0.39 is 0 Å². The Hall–Kier alpha value is -3.35. The van der Waals surface area contributed by atoms with Gasteiger partial charge in [-0.1, -0.05) is 6.92 Å². The van der Waals surface area contributed by atoms with Gasteiger partial charge in [-0.25, -0.2) is 0 Å². The molecule has 2 aromatic carbocycles. The third-order valence-corrected chi connectivity index (χ3v) is 3.85. The summed E-state index contributed by atoms with van der Waals surface area (Å²) in [5.74, 6) is 2.21. The summed E-state index contributed by atoms with van der Waals surface area (Å²) >= 11 is 0. The van der Waals surface area contributed by atoms with Gasteiger partial charge in [-0.15, -0.1) is 10.2 Å². The van der Waals surface area contributed by atoms with Gasteiger partial charge in [-0.3, -0.25) is 4.79 Å². The zero-order chi connectivity index (χ0) is 19.8. The number of hydrogen-bond donors (Lipinski definition) is 1. The molecule has 0 bridgehead atoms. The summed E-state index contributed by atoms with van der Waals surface area (Å²) in [5.41, 5.74) is 1.49. The Balaban J connectivity index is 1.50. The van der Waals surface area contributed by atoms with Gasteiger partial charge in [-0.2, -0.15) is 0 Å². The van der Waals surface area contributed by atoms with Crippen LogP contribution in [0, 0.1) is 0 Å². The monoisotopic (exact) mass is 381 g/mol. The average molecular weight is 381 g/mol. The van der Waals surface area contributed by atoms with Crippen LogP contribution in [0.25, 0.3) is 11.5 Å². The Morgan fingerprint density at radius 1 is 0.964 bits per heavy atom. The van der Waals surface area contributed by atoms with Crippen molar-refractivity contribution in [2.24, 2.45) is 0 Å². The molecule has 0 atom stereocenters. The Bertz CT molecular complexity index is 889. The highest BCUT2D eigenvalue weighted by Gasteiger charge is 2.09.